The van der Waals surface area contributed by atoms with E-state index in [9.17, 15) is 28.4 Å². The van der Waals surface area contributed by atoms with Crippen LogP contribution in [0.25, 0.3) is 11.0 Å². The number of ether oxygens (including phenoxy) is 1. The van der Waals surface area contributed by atoms with Crippen molar-refractivity contribution >= 4 is 44.0 Å². The third kappa shape index (κ3) is 9.27. The second kappa shape index (κ2) is 17.9. The largest absolute Gasteiger partial charge is 0.455 e. The van der Waals surface area contributed by atoms with Crippen LogP contribution in [0.1, 0.15) is 108 Å². The number of nitrogens with one attached hydrogen (secondary N) is 3. The molecule has 4 fully saturated rings. The molecule has 1 spiro atoms. The lowest BCUT2D eigenvalue weighted by Crippen LogP contribution is -2.66. The molecule has 4 heterocycles. The van der Waals surface area contributed by atoms with E-state index in [1.807, 2.05) is 19.1 Å². The fraction of sp³-hybridized carbons (Fsp3) is 0.458. The van der Waals surface area contributed by atoms with Gasteiger partial charge in [0.25, 0.3) is 21.6 Å². The first-order chi connectivity index (χ1) is 29.3. The molecular formula is C48H61N7O7S. The number of nitrogens with zero attached hydrogens (tertiary/aromatic N) is 4. The molecule has 2 saturated heterocycles. The number of rotatable bonds is 13. The van der Waals surface area contributed by atoms with Gasteiger partial charge in [-0.05, 0) is 125 Å². The first kappa shape index (κ1) is 45.5. The molecule has 0 radical (unpaired) electrons. The van der Waals surface area contributed by atoms with Crippen LogP contribution in [0.2, 0.25) is 0 Å². The highest BCUT2D eigenvalue weighted by atomic mass is 32.2. The Labute approximate surface area is 370 Å². The van der Waals surface area contributed by atoms with Crippen LogP contribution < -0.4 is 19.7 Å². The number of H-pyrrole nitrogens is 1. The summed E-state index contributed by atoms with van der Waals surface area (Å²) in [5.41, 5.74) is 3.69. The van der Waals surface area contributed by atoms with Crippen molar-refractivity contribution in [2.75, 3.05) is 36.4 Å². The molecule has 2 aliphatic heterocycles. The zero-order chi connectivity index (χ0) is 42.5. The van der Waals surface area contributed by atoms with Gasteiger partial charge < -0.3 is 25.0 Å². The maximum absolute atomic E-state index is 13.9. The number of carbonyl (C=O) groups is 1. The van der Waals surface area contributed by atoms with Crippen LogP contribution in [0.5, 0.6) is 11.5 Å². The second-order valence-corrected chi connectivity index (χ2v) is 19.6. The van der Waals surface area contributed by atoms with Gasteiger partial charge in [-0.3, -0.25) is 19.8 Å². The number of aromatic nitrogens is 2. The molecule has 15 heteroatoms. The molecule has 4 N–H and O–H groups in total. The van der Waals surface area contributed by atoms with Gasteiger partial charge in [-0.15, -0.1) is 0 Å². The summed E-state index contributed by atoms with van der Waals surface area (Å²) >= 11 is 0. The number of benzene rings is 3. The van der Waals surface area contributed by atoms with E-state index in [0.717, 1.165) is 68.9 Å². The van der Waals surface area contributed by atoms with Crippen molar-refractivity contribution in [2.24, 2.45) is 11.3 Å². The van der Waals surface area contributed by atoms with E-state index in [1.165, 1.54) is 42.3 Å². The van der Waals surface area contributed by atoms with Crippen molar-refractivity contribution in [3.63, 3.8) is 0 Å². The zero-order valence-electron chi connectivity index (χ0n) is 34.6. The minimum Gasteiger partial charge on any atom is -0.455 e. The van der Waals surface area contributed by atoms with E-state index >= 15 is 0 Å². The van der Waals surface area contributed by atoms with Crippen molar-refractivity contribution in [3.8, 4) is 11.5 Å². The highest BCUT2D eigenvalue weighted by molar-refractivity contribution is 7.90. The molecule has 1 amide bonds. The van der Waals surface area contributed by atoms with Crippen LogP contribution in [0, 0.1) is 21.4 Å². The Morgan fingerprint density at radius 3 is 2.54 bits per heavy atom. The Kier molecular flexibility index (Phi) is 13.0. The number of nitro groups is 1. The Bertz CT molecular complexity index is 2570. The van der Waals surface area contributed by atoms with Crippen molar-refractivity contribution in [1.29, 1.82) is 0 Å². The summed E-state index contributed by atoms with van der Waals surface area (Å²) in [5, 5.41) is 26.3. The van der Waals surface area contributed by atoms with Crippen LogP contribution >= 0.6 is 0 Å². The SMILES string of the molecule is C.C.CCc1ccccc1[C@@H]1CCCN1C1CC2(C1)CN(c1ccc(C(=O)NS(=O)(=O)c3ccc(NCC4CCC(C)(O)CC4)c([N+](=O)[O-])c3)c(Oc3cnc4[nH]ccc4c3)c1)C2. The zero-order valence-corrected chi connectivity index (χ0v) is 35.4. The number of fused-ring (bicyclic) bond motifs is 1. The third-order valence-electron chi connectivity index (χ3n) is 13.6. The van der Waals surface area contributed by atoms with E-state index in [2.05, 4.69) is 61.0 Å². The van der Waals surface area contributed by atoms with Crippen LogP contribution in [-0.4, -0.2) is 77.0 Å². The van der Waals surface area contributed by atoms with Gasteiger partial charge in [-0.1, -0.05) is 46.0 Å². The van der Waals surface area contributed by atoms with E-state index in [0.29, 0.717) is 42.9 Å². The smallest absolute Gasteiger partial charge is 0.293 e. The van der Waals surface area contributed by atoms with Gasteiger partial charge >= 0.3 is 0 Å². The number of aromatic amines is 1. The number of aliphatic hydroxyl groups is 1. The molecule has 14 nitrogen and oxygen atoms in total. The number of hydrogen-bond donors (Lipinski definition) is 4. The lowest BCUT2D eigenvalue weighted by molar-refractivity contribution is -0.384. The first-order valence-electron chi connectivity index (χ1n) is 21.4. The van der Waals surface area contributed by atoms with Gasteiger partial charge in [-0.2, -0.15) is 0 Å². The molecule has 1 atom stereocenters. The monoisotopic (exact) mass is 879 g/mol. The second-order valence-electron chi connectivity index (χ2n) is 17.9. The Balaban J connectivity index is 0.00000298. The quantitative estimate of drug-likeness (QED) is 0.0653. The highest BCUT2D eigenvalue weighted by Crippen LogP contribution is 2.54. The summed E-state index contributed by atoms with van der Waals surface area (Å²) in [6, 6.07) is 22.2. The van der Waals surface area contributed by atoms with Gasteiger partial charge in [0.15, 0.2) is 0 Å². The molecule has 63 heavy (non-hydrogen) atoms. The molecular weight excluding hydrogens is 819 g/mol. The number of hydrogen-bond acceptors (Lipinski definition) is 11. The molecule has 4 aliphatic rings. The lowest BCUT2D eigenvalue weighted by atomic mass is 9.60. The molecule has 0 bridgehead atoms. The van der Waals surface area contributed by atoms with E-state index in [4.69, 9.17) is 4.74 Å². The highest BCUT2D eigenvalue weighted by Gasteiger charge is 2.55. The molecule has 5 aromatic rings. The average Bonchev–Trinajstić information content (AvgIpc) is 3.89. The molecule has 2 saturated carbocycles. The number of anilines is 2. The van der Waals surface area contributed by atoms with Crippen molar-refractivity contribution in [3.05, 3.63) is 112 Å². The average molecular weight is 880 g/mol. The maximum atomic E-state index is 13.9. The lowest BCUT2D eigenvalue weighted by Gasteiger charge is -2.62. The van der Waals surface area contributed by atoms with Gasteiger partial charge in [0.05, 0.1) is 27.2 Å². The number of sulfonamides is 1. The number of carbonyl (C=O) groups excluding carboxylic acids is 1. The van der Waals surface area contributed by atoms with Crippen LogP contribution in [-0.2, 0) is 16.4 Å². The molecule has 9 rings (SSSR count). The molecule has 3 aromatic carbocycles. The van der Waals surface area contributed by atoms with Gasteiger partial charge in [0, 0.05) is 66.5 Å². The molecule has 2 aliphatic carbocycles. The predicted molar refractivity (Wildman–Crippen MR) is 247 cm³/mol. The minimum atomic E-state index is -4.56. The Morgan fingerprint density at radius 1 is 1.03 bits per heavy atom. The maximum Gasteiger partial charge on any atom is 0.293 e. The minimum absolute atomic E-state index is 0. The van der Waals surface area contributed by atoms with Crippen molar-refractivity contribution in [1.82, 2.24) is 19.6 Å². The van der Waals surface area contributed by atoms with Gasteiger partial charge in [-0.25, -0.2) is 18.1 Å². The predicted octanol–water partition coefficient (Wildman–Crippen LogP) is 9.38. The molecule has 0 unspecified atom stereocenters. The summed E-state index contributed by atoms with van der Waals surface area (Å²) in [6.45, 7) is 7.36. The van der Waals surface area contributed by atoms with E-state index in [1.54, 1.807) is 24.4 Å². The van der Waals surface area contributed by atoms with E-state index < -0.39 is 37.0 Å². The standard InChI is InChI=1S/C46H53N7O7S.2CH4/c1-3-31-7-4-5-8-37(31)40-9-6-20-52(40)34-24-46(25-34)28-51(29-46)33-10-12-38(42(22-33)60-35-21-32-16-19-47-43(32)49-27-35)44(54)50-61(58,59)36-11-13-39(41(23-36)53(56)57)48-26-30-14-17-45(2,55)18-15-30;;/h4-5,7-8,10-13,16,19,21-23,27,30,34,40,48,55H,3,6,9,14-15,17-18,20,24-26,28-29H2,1-2H3,(H,47,49)(H,50,54);2*1H4/t30?,40-,45?;;/m0../s1. The number of likely N-dealkylation sites (tertiary alicyclic amines) is 1. The topological polar surface area (TPSA) is 183 Å². The van der Waals surface area contributed by atoms with Gasteiger partial charge in [0.2, 0.25) is 0 Å². The summed E-state index contributed by atoms with van der Waals surface area (Å²) in [4.78, 5) is 37.4. The van der Waals surface area contributed by atoms with E-state index in [-0.39, 0.29) is 43.2 Å². The first-order valence-corrected chi connectivity index (χ1v) is 22.9. The number of aryl methyl sites for hydroxylation is 1. The number of pyridine rings is 1. The fourth-order valence-electron chi connectivity index (χ4n) is 10.2. The Morgan fingerprint density at radius 2 is 1.79 bits per heavy atom. The number of nitro benzene ring substituents is 1. The van der Waals surface area contributed by atoms with Crippen LogP contribution in [0.3, 0.4) is 0 Å². The fourth-order valence-corrected chi connectivity index (χ4v) is 11.2. The molecule has 2 aromatic heterocycles. The molecule has 336 valence electrons. The van der Waals surface area contributed by atoms with Crippen LogP contribution in [0.4, 0.5) is 17.1 Å². The number of amides is 1. The summed E-state index contributed by atoms with van der Waals surface area (Å²) < 4.78 is 35.8. The van der Waals surface area contributed by atoms with Crippen LogP contribution in [0.15, 0.2) is 90.1 Å². The summed E-state index contributed by atoms with van der Waals surface area (Å²) in [7, 11) is -4.56. The Hall–Kier alpha value is -5.51. The summed E-state index contributed by atoms with van der Waals surface area (Å²) in [6.07, 6.45) is 11.8. The van der Waals surface area contributed by atoms with Crippen molar-refractivity contribution in [2.45, 2.75) is 109 Å². The van der Waals surface area contributed by atoms with Gasteiger partial charge in [0.1, 0.15) is 22.8 Å². The van der Waals surface area contributed by atoms with Crippen molar-refractivity contribution < 1.29 is 28.0 Å². The normalized spacial score (nSPS) is 22.0. The third-order valence-corrected chi connectivity index (χ3v) is 14.9. The summed E-state index contributed by atoms with van der Waals surface area (Å²) in [5.74, 6) is -0.216.